The van der Waals surface area contributed by atoms with Gasteiger partial charge in [0.2, 0.25) is 5.91 Å². The van der Waals surface area contributed by atoms with E-state index in [-0.39, 0.29) is 5.91 Å². The molecule has 0 saturated carbocycles. The van der Waals surface area contributed by atoms with Gasteiger partial charge in [0.05, 0.1) is 0 Å². The maximum atomic E-state index is 12.0. The lowest BCUT2D eigenvalue weighted by molar-refractivity contribution is -0.122. The number of nitrogens with two attached hydrogens (primary N) is 1. The Labute approximate surface area is 196 Å². The summed E-state index contributed by atoms with van der Waals surface area (Å²) < 4.78 is 0. The summed E-state index contributed by atoms with van der Waals surface area (Å²) >= 11 is 0. The fraction of sp³-hybridized carbons (Fsp3) is 0.964. The minimum absolute atomic E-state index is 0.232. The zero-order valence-corrected chi connectivity index (χ0v) is 21.5. The molecule has 3 N–H and O–H groups in total. The average Bonchev–Trinajstić information content (AvgIpc) is 2.78. The van der Waals surface area contributed by atoms with E-state index in [1.165, 1.54) is 116 Å². The quantitative estimate of drug-likeness (QED) is 0.140. The number of nitrogens with one attached hydrogen (secondary N) is 1. The van der Waals surface area contributed by atoms with Crippen molar-refractivity contribution >= 4 is 5.91 Å². The summed E-state index contributed by atoms with van der Waals surface area (Å²) in [4.78, 5) is 12.0. The van der Waals surface area contributed by atoms with Gasteiger partial charge in [0.25, 0.3) is 0 Å². The van der Waals surface area contributed by atoms with Crippen LogP contribution in [0, 0.1) is 0 Å². The van der Waals surface area contributed by atoms with Crippen LogP contribution in [0.5, 0.6) is 0 Å². The first-order valence-electron chi connectivity index (χ1n) is 14.2. The maximum absolute atomic E-state index is 12.0. The minimum Gasteiger partial charge on any atom is -0.353 e. The lowest BCUT2D eigenvalue weighted by atomic mass is 10.0. The molecule has 0 aromatic rings. The van der Waals surface area contributed by atoms with Gasteiger partial charge in [-0.25, -0.2) is 0 Å². The second-order valence-corrected chi connectivity index (χ2v) is 9.72. The largest absolute Gasteiger partial charge is 0.353 e. The Bertz CT molecular complexity index is 359. The molecule has 186 valence electrons. The zero-order valence-electron chi connectivity index (χ0n) is 21.5. The number of carbonyl (C=O) groups excluding carboxylic acids is 1. The van der Waals surface area contributed by atoms with Crippen LogP contribution in [0.25, 0.3) is 0 Å². The fourth-order valence-corrected chi connectivity index (χ4v) is 4.41. The Balaban J connectivity index is 3.22. The van der Waals surface area contributed by atoms with Gasteiger partial charge >= 0.3 is 0 Å². The molecule has 0 aromatic carbocycles. The van der Waals surface area contributed by atoms with E-state index >= 15 is 0 Å². The number of hydrogen-bond acceptors (Lipinski definition) is 2. The molecule has 0 aromatic heterocycles. The molecule has 0 radical (unpaired) electrons. The highest BCUT2D eigenvalue weighted by atomic mass is 16.1. The van der Waals surface area contributed by atoms with Crippen LogP contribution < -0.4 is 11.1 Å². The van der Waals surface area contributed by atoms with E-state index in [1.54, 1.807) is 0 Å². The van der Waals surface area contributed by atoms with Crippen molar-refractivity contribution in [2.45, 2.75) is 168 Å². The second-order valence-electron chi connectivity index (χ2n) is 9.72. The van der Waals surface area contributed by atoms with Crippen LogP contribution in [0.1, 0.15) is 162 Å². The maximum Gasteiger partial charge on any atom is 0.220 e. The van der Waals surface area contributed by atoms with E-state index in [0.717, 1.165) is 25.7 Å². The summed E-state index contributed by atoms with van der Waals surface area (Å²) in [5, 5.41) is 3.17. The fourth-order valence-electron chi connectivity index (χ4n) is 4.41. The lowest BCUT2D eigenvalue weighted by Gasteiger charge is -2.16. The lowest BCUT2D eigenvalue weighted by Crippen LogP contribution is -2.34. The molecule has 0 aliphatic heterocycles. The number of unbranched alkanes of at least 4 members (excludes halogenated alkanes) is 18. The summed E-state index contributed by atoms with van der Waals surface area (Å²) in [6.07, 6.45) is 30.1. The molecular formula is C28H58N2O. The second kappa shape index (κ2) is 25.7. The number of carbonyl (C=O) groups is 1. The molecule has 0 aliphatic rings. The van der Waals surface area contributed by atoms with Gasteiger partial charge in [-0.3, -0.25) is 4.79 Å². The smallest absolute Gasteiger partial charge is 0.220 e. The molecule has 31 heavy (non-hydrogen) atoms. The van der Waals surface area contributed by atoms with Crippen molar-refractivity contribution in [3.8, 4) is 0 Å². The summed E-state index contributed by atoms with van der Waals surface area (Å²) in [5.74, 6) is 0.232. The summed E-state index contributed by atoms with van der Waals surface area (Å²) in [5.41, 5.74) is 5.56. The molecule has 1 atom stereocenters. The van der Waals surface area contributed by atoms with E-state index in [9.17, 15) is 4.79 Å². The molecule has 0 aliphatic carbocycles. The zero-order chi connectivity index (χ0) is 22.8. The Morgan fingerprint density at radius 2 is 1.00 bits per heavy atom. The van der Waals surface area contributed by atoms with E-state index < -0.39 is 0 Å². The Morgan fingerprint density at radius 3 is 1.35 bits per heavy atom. The molecule has 1 unspecified atom stereocenters. The SMILES string of the molecule is CCCCCCCCCCCCCCCCCCCCCC(=O)NC(CC)CCCN. The molecule has 0 heterocycles. The van der Waals surface area contributed by atoms with Gasteiger partial charge in [-0.1, -0.05) is 129 Å². The molecule has 3 heteroatoms. The monoisotopic (exact) mass is 438 g/mol. The van der Waals surface area contributed by atoms with Crippen molar-refractivity contribution in [1.29, 1.82) is 0 Å². The van der Waals surface area contributed by atoms with Crippen LogP contribution in [-0.4, -0.2) is 18.5 Å². The van der Waals surface area contributed by atoms with Crippen molar-refractivity contribution < 1.29 is 4.79 Å². The van der Waals surface area contributed by atoms with Gasteiger partial charge < -0.3 is 11.1 Å². The van der Waals surface area contributed by atoms with Crippen LogP contribution in [0.2, 0.25) is 0 Å². The number of hydrogen-bond donors (Lipinski definition) is 2. The molecule has 0 bridgehead atoms. The van der Waals surface area contributed by atoms with E-state index in [0.29, 0.717) is 19.0 Å². The normalized spacial score (nSPS) is 12.2. The van der Waals surface area contributed by atoms with E-state index in [1.807, 2.05) is 0 Å². The van der Waals surface area contributed by atoms with E-state index in [4.69, 9.17) is 5.73 Å². The van der Waals surface area contributed by atoms with E-state index in [2.05, 4.69) is 19.2 Å². The third-order valence-electron chi connectivity index (χ3n) is 6.62. The first-order valence-corrected chi connectivity index (χ1v) is 14.2. The summed E-state index contributed by atoms with van der Waals surface area (Å²) in [7, 11) is 0. The summed E-state index contributed by atoms with van der Waals surface area (Å²) in [6, 6.07) is 0.316. The average molecular weight is 439 g/mol. The van der Waals surface area contributed by atoms with Crippen molar-refractivity contribution in [1.82, 2.24) is 5.32 Å². The molecule has 3 nitrogen and oxygen atoms in total. The number of rotatable bonds is 25. The molecule has 1 amide bonds. The van der Waals surface area contributed by atoms with Gasteiger partial charge in [0, 0.05) is 12.5 Å². The topological polar surface area (TPSA) is 55.1 Å². The van der Waals surface area contributed by atoms with Crippen LogP contribution in [0.4, 0.5) is 0 Å². The van der Waals surface area contributed by atoms with Crippen molar-refractivity contribution in [3.63, 3.8) is 0 Å². The predicted octanol–water partition coefficient (Wildman–Crippen LogP) is 8.44. The third-order valence-corrected chi connectivity index (χ3v) is 6.62. The first kappa shape index (κ1) is 30.4. The molecule has 0 rings (SSSR count). The van der Waals surface area contributed by atoms with Crippen molar-refractivity contribution in [3.05, 3.63) is 0 Å². The standard InChI is InChI=1S/C28H58N2O/c1-3-5-6-7-8-9-10-11-12-13-14-15-16-17-18-19-20-21-22-25-28(31)30-27(4-2)24-23-26-29/h27H,3-26,29H2,1-2H3,(H,30,31). The van der Waals surface area contributed by atoms with Gasteiger partial charge in [-0.2, -0.15) is 0 Å². The highest BCUT2D eigenvalue weighted by Crippen LogP contribution is 2.15. The highest BCUT2D eigenvalue weighted by Gasteiger charge is 2.09. The molecule has 0 spiro atoms. The molecule has 0 fully saturated rings. The Morgan fingerprint density at radius 1 is 0.613 bits per heavy atom. The Hall–Kier alpha value is -0.570. The molecular weight excluding hydrogens is 380 g/mol. The third kappa shape index (κ3) is 23.9. The summed E-state index contributed by atoms with van der Waals surface area (Å²) in [6.45, 7) is 5.14. The van der Waals surface area contributed by atoms with Gasteiger partial charge in [-0.15, -0.1) is 0 Å². The molecule has 0 saturated heterocycles. The minimum atomic E-state index is 0.232. The van der Waals surface area contributed by atoms with Crippen LogP contribution >= 0.6 is 0 Å². The Kier molecular flexibility index (Phi) is 25.2. The van der Waals surface area contributed by atoms with Gasteiger partial charge in [0.15, 0.2) is 0 Å². The van der Waals surface area contributed by atoms with Gasteiger partial charge in [0.1, 0.15) is 0 Å². The van der Waals surface area contributed by atoms with Crippen LogP contribution in [0.3, 0.4) is 0 Å². The van der Waals surface area contributed by atoms with Crippen LogP contribution in [-0.2, 0) is 4.79 Å². The predicted molar refractivity (Wildman–Crippen MR) is 139 cm³/mol. The highest BCUT2D eigenvalue weighted by molar-refractivity contribution is 5.76. The van der Waals surface area contributed by atoms with Gasteiger partial charge in [-0.05, 0) is 32.2 Å². The van der Waals surface area contributed by atoms with Crippen molar-refractivity contribution in [2.24, 2.45) is 5.73 Å². The number of amides is 1. The van der Waals surface area contributed by atoms with Crippen LogP contribution in [0.15, 0.2) is 0 Å². The van der Waals surface area contributed by atoms with Crippen molar-refractivity contribution in [2.75, 3.05) is 6.54 Å². The first-order chi connectivity index (χ1) is 15.2.